The first-order valence-electron chi connectivity index (χ1n) is 6.70. The third-order valence-corrected chi connectivity index (χ3v) is 3.31. The summed E-state index contributed by atoms with van der Waals surface area (Å²) >= 11 is 0. The number of likely N-dealkylation sites (N-methyl/N-ethyl adjacent to an activating group) is 1. The van der Waals surface area contributed by atoms with E-state index in [4.69, 9.17) is 0 Å². The molecule has 0 saturated heterocycles. The molecule has 2 rings (SSSR count). The SMILES string of the molecule is CNC(C(=O)NCc1ccc(C)c(F)c1)c1cnn(C)c1.Cl. The van der Waals surface area contributed by atoms with Gasteiger partial charge in [-0.1, -0.05) is 12.1 Å². The van der Waals surface area contributed by atoms with E-state index in [2.05, 4.69) is 15.7 Å². The maximum absolute atomic E-state index is 13.5. The smallest absolute Gasteiger partial charge is 0.242 e. The van der Waals surface area contributed by atoms with E-state index in [0.29, 0.717) is 5.56 Å². The normalized spacial score (nSPS) is 11.6. The molecule has 1 amide bonds. The number of rotatable bonds is 5. The van der Waals surface area contributed by atoms with Crippen molar-refractivity contribution in [2.24, 2.45) is 7.05 Å². The zero-order chi connectivity index (χ0) is 15.4. The number of hydrogen-bond acceptors (Lipinski definition) is 3. The lowest BCUT2D eigenvalue weighted by atomic mass is 10.1. The summed E-state index contributed by atoms with van der Waals surface area (Å²) in [6.07, 6.45) is 3.43. The number of carbonyl (C=O) groups excluding carboxylic acids is 1. The lowest BCUT2D eigenvalue weighted by molar-refractivity contribution is -0.123. The van der Waals surface area contributed by atoms with Crippen molar-refractivity contribution >= 4 is 18.3 Å². The van der Waals surface area contributed by atoms with Gasteiger partial charge in [0.1, 0.15) is 11.9 Å². The third kappa shape index (κ3) is 4.29. The van der Waals surface area contributed by atoms with Crippen molar-refractivity contribution in [2.75, 3.05) is 7.05 Å². The Balaban J connectivity index is 0.00000242. The van der Waals surface area contributed by atoms with Crippen LogP contribution in [0, 0.1) is 12.7 Å². The second-order valence-electron chi connectivity index (χ2n) is 4.97. The fraction of sp³-hybridized carbons (Fsp3) is 0.333. The fourth-order valence-electron chi connectivity index (χ4n) is 2.08. The third-order valence-electron chi connectivity index (χ3n) is 3.31. The Hall–Kier alpha value is -1.92. The number of aromatic nitrogens is 2. The van der Waals surface area contributed by atoms with E-state index in [-0.39, 0.29) is 30.7 Å². The first kappa shape index (κ1) is 18.1. The molecule has 22 heavy (non-hydrogen) atoms. The molecule has 1 atom stereocenters. The standard InChI is InChI=1S/C15H19FN4O.ClH/c1-10-4-5-11(6-13(10)16)7-18-15(21)14(17-2)12-8-19-20(3)9-12;/h4-6,8-9,14,17H,7H2,1-3H3,(H,18,21);1H. The van der Waals surface area contributed by atoms with Gasteiger partial charge in [-0.15, -0.1) is 12.4 Å². The van der Waals surface area contributed by atoms with Crippen LogP contribution < -0.4 is 10.6 Å². The largest absolute Gasteiger partial charge is 0.350 e. The average molecular weight is 327 g/mol. The molecule has 5 nitrogen and oxygen atoms in total. The fourth-order valence-corrected chi connectivity index (χ4v) is 2.08. The molecule has 2 aromatic rings. The van der Waals surface area contributed by atoms with Gasteiger partial charge < -0.3 is 10.6 Å². The zero-order valence-electron chi connectivity index (χ0n) is 12.8. The molecule has 0 aliphatic heterocycles. The van der Waals surface area contributed by atoms with E-state index >= 15 is 0 Å². The summed E-state index contributed by atoms with van der Waals surface area (Å²) in [4.78, 5) is 12.2. The number of halogens is 2. The summed E-state index contributed by atoms with van der Waals surface area (Å²) in [6.45, 7) is 1.99. The van der Waals surface area contributed by atoms with E-state index in [9.17, 15) is 9.18 Å². The number of nitrogens with one attached hydrogen (secondary N) is 2. The van der Waals surface area contributed by atoms with E-state index in [1.54, 1.807) is 50.2 Å². The van der Waals surface area contributed by atoms with E-state index in [0.717, 1.165) is 11.1 Å². The van der Waals surface area contributed by atoms with Crippen molar-refractivity contribution in [3.05, 3.63) is 53.1 Å². The Bertz CT molecular complexity index is 644. The molecule has 120 valence electrons. The molecule has 1 aromatic heterocycles. The Morgan fingerprint density at radius 2 is 2.18 bits per heavy atom. The van der Waals surface area contributed by atoms with Crippen LogP contribution in [0.4, 0.5) is 4.39 Å². The van der Waals surface area contributed by atoms with E-state index < -0.39 is 6.04 Å². The molecule has 1 aromatic carbocycles. The molecule has 0 aliphatic rings. The van der Waals surface area contributed by atoms with Gasteiger partial charge in [-0.2, -0.15) is 5.10 Å². The van der Waals surface area contributed by atoms with Gasteiger partial charge in [0, 0.05) is 25.4 Å². The summed E-state index contributed by atoms with van der Waals surface area (Å²) in [5.41, 5.74) is 2.11. The molecular formula is C15H20ClFN4O. The Labute approximate surface area is 135 Å². The highest BCUT2D eigenvalue weighted by Gasteiger charge is 2.19. The highest BCUT2D eigenvalue weighted by molar-refractivity contribution is 5.85. The molecule has 0 fully saturated rings. The van der Waals surface area contributed by atoms with Crippen LogP contribution in [0.15, 0.2) is 30.6 Å². The van der Waals surface area contributed by atoms with Gasteiger partial charge in [0.25, 0.3) is 0 Å². The Morgan fingerprint density at radius 1 is 1.45 bits per heavy atom. The van der Waals surface area contributed by atoms with Crippen LogP contribution in [0.5, 0.6) is 0 Å². The zero-order valence-corrected chi connectivity index (χ0v) is 13.6. The van der Waals surface area contributed by atoms with Crippen molar-refractivity contribution in [3.8, 4) is 0 Å². The van der Waals surface area contributed by atoms with Crippen molar-refractivity contribution in [3.63, 3.8) is 0 Å². The summed E-state index contributed by atoms with van der Waals surface area (Å²) in [7, 11) is 3.51. The van der Waals surface area contributed by atoms with E-state index in [1.807, 2.05) is 0 Å². The van der Waals surface area contributed by atoms with Crippen LogP contribution in [-0.2, 0) is 18.4 Å². The van der Waals surface area contributed by atoms with Crippen LogP contribution >= 0.6 is 12.4 Å². The lowest BCUT2D eigenvalue weighted by Gasteiger charge is -2.14. The number of hydrogen-bond donors (Lipinski definition) is 2. The summed E-state index contributed by atoms with van der Waals surface area (Å²) in [5.74, 6) is -0.439. The molecule has 1 heterocycles. The van der Waals surface area contributed by atoms with Gasteiger partial charge in [0.05, 0.1) is 6.20 Å². The molecule has 0 radical (unpaired) electrons. The van der Waals surface area contributed by atoms with Crippen LogP contribution in [0.25, 0.3) is 0 Å². The minimum absolute atomic E-state index is 0. The summed E-state index contributed by atoms with van der Waals surface area (Å²) in [5, 5.41) is 9.80. The lowest BCUT2D eigenvalue weighted by Crippen LogP contribution is -2.35. The minimum Gasteiger partial charge on any atom is -0.350 e. The summed E-state index contributed by atoms with van der Waals surface area (Å²) in [6, 6.07) is 4.47. The molecule has 7 heteroatoms. The number of nitrogens with zero attached hydrogens (tertiary/aromatic N) is 2. The van der Waals surface area contributed by atoms with Crippen molar-refractivity contribution in [2.45, 2.75) is 19.5 Å². The van der Waals surface area contributed by atoms with Gasteiger partial charge >= 0.3 is 0 Å². The molecule has 2 N–H and O–H groups in total. The van der Waals surface area contributed by atoms with Crippen LogP contribution in [-0.4, -0.2) is 22.7 Å². The van der Waals surface area contributed by atoms with E-state index in [1.165, 1.54) is 6.07 Å². The first-order chi connectivity index (χ1) is 10.0. The van der Waals surface area contributed by atoms with Crippen molar-refractivity contribution in [1.82, 2.24) is 20.4 Å². The number of aryl methyl sites for hydroxylation is 2. The van der Waals surface area contributed by atoms with Gasteiger partial charge in [-0.25, -0.2) is 4.39 Å². The van der Waals surface area contributed by atoms with Crippen molar-refractivity contribution < 1.29 is 9.18 Å². The minimum atomic E-state index is -0.478. The average Bonchev–Trinajstić information content (AvgIpc) is 2.87. The highest BCUT2D eigenvalue weighted by Crippen LogP contribution is 2.12. The summed E-state index contributed by atoms with van der Waals surface area (Å²) < 4.78 is 15.1. The van der Waals surface area contributed by atoms with Crippen LogP contribution in [0.1, 0.15) is 22.7 Å². The second kappa shape index (κ2) is 7.91. The molecule has 0 aliphatic carbocycles. The molecule has 1 unspecified atom stereocenters. The topological polar surface area (TPSA) is 59.0 Å². The predicted octanol–water partition coefficient (Wildman–Crippen LogP) is 1.87. The maximum Gasteiger partial charge on any atom is 0.242 e. The van der Waals surface area contributed by atoms with Gasteiger partial charge in [-0.3, -0.25) is 9.48 Å². The number of amides is 1. The van der Waals surface area contributed by atoms with Crippen molar-refractivity contribution in [1.29, 1.82) is 0 Å². The molecule has 0 bridgehead atoms. The highest BCUT2D eigenvalue weighted by atomic mass is 35.5. The van der Waals surface area contributed by atoms with Gasteiger partial charge in [0.2, 0.25) is 5.91 Å². The second-order valence-corrected chi connectivity index (χ2v) is 4.97. The molecular weight excluding hydrogens is 307 g/mol. The number of benzene rings is 1. The molecule has 0 spiro atoms. The Morgan fingerprint density at radius 3 is 2.73 bits per heavy atom. The number of carbonyl (C=O) groups is 1. The first-order valence-corrected chi connectivity index (χ1v) is 6.70. The van der Waals surface area contributed by atoms with Crippen LogP contribution in [0.3, 0.4) is 0 Å². The predicted molar refractivity (Wildman–Crippen MR) is 85.2 cm³/mol. The van der Waals surface area contributed by atoms with Gasteiger partial charge in [-0.05, 0) is 31.2 Å². The molecule has 0 saturated carbocycles. The quantitative estimate of drug-likeness (QED) is 0.882. The monoisotopic (exact) mass is 326 g/mol. The maximum atomic E-state index is 13.5. The Kier molecular flexibility index (Phi) is 6.52. The van der Waals surface area contributed by atoms with Gasteiger partial charge in [0.15, 0.2) is 0 Å². The van der Waals surface area contributed by atoms with Crippen LogP contribution in [0.2, 0.25) is 0 Å².